The summed E-state index contributed by atoms with van der Waals surface area (Å²) in [6.45, 7) is 3.00. The van der Waals surface area contributed by atoms with Crippen LogP contribution in [0.25, 0.3) is 0 Å². The van der Waals surface area contributed by atoms with Gasteiger partial charge in [-0.1, -0.05) is 12.1 Å². The molecule has 0 amide bonds. The predicted octanol–water partition coefficient (Wildman–Crippen LogP) is 2.18. The molecule has 0 radical (unpaired) electrons. The number of carboxylic acids is 1. The molecule has 2 rings (SSSR count). The van der Waals surface area contributed by atoms with E-state index >= 15 is 0 Å². The number of carbonyl (C=O) groups is 1. The Hall–Kier alpha value is -1.42. The number of benzene rings is 1. The SMILES string of the molecule is Cc1ccc(CN2CCCC2C(=O)O)cc1F. The first kappa shape index (κ1) is 12.0. The fourth-order valence-corrected chi connectivity index (χ4v) is 2.26. The highest BCUT2D eigenvalue weighted by Gasteiger charge is 2.30. The summed E-state index contributed by atoms with van der Waals surface area (Å²) in [5, 5.41) is 9.04. The highest BCUT2D eigenvalue weighted by atomic mass is 19.1. The van der Waals surface area contributed by atoms with Crippen molar-refractivity contribution < 1.29 is 14.3 Å². The molecular weight excluding hydrogens is 221 g/mol. The number of nitrogens with zero attached hydrogens (tertiary/aromatic N) is 1. The van der Waals surface area contributed by atoms with Gasteiger partial charge < -0.3 is 5.11 Å². The van der Waals surface area contributed by atoms with Gasteiger partial charge in [0.15, 0.2) is 0 Å². The molecule has 1 fully saturated rings. The monoisotopic (exact) mass is 237 g/mol. The minimum Gasteiger partial charge on any atom is -0.480 e. The van der Waals surface area contributed by atoms with Crippen LogP contribution < -0.4 is 0 Å². The van der Waals surface area contributed by atoms with E-state index < -0.39 is 12.0 Å². The number of halogens is 1. The summed E-state index contributed by atoms with van der Waals surface area (Å²) in [5.74, 6) is -1.01. The minimum absolute atomic E-state index is 0.228. The molecule has 0 saturated carbocycles. The van der Waals surface area contributed by atoms with Crippen molar-refractivity contribution in [3.8, 4) is 0 Å². The molecular formula is C13H16FNO2. The molecule has 1 N–H and O–H groups in total. The summed E-state index contributed by atoms with van der Waals surface area (Å²) in [6.07, 6.45) is 1.58. The van der Waals surface area contributed by atoms with Crippen molar-refractivity contribution in [1.29, 1.82) is 0 Å². The number of carboxylic acid groups (broad SMARTS) is 1. The van der Waals surface area contributed by atoms with Crippen molar-refractivity contribution in [3.05, 3.63) is 35.1 Å². The maximum absolute atomic E-state index is 13.4. The van der Waals surface area contributed by atoms with Gasteiger partial charge in [-0.05, 0) is 43.5 Å². The lowest BCUT2D eigenvalue weighted by Crippen LogP contribution is -2.35. The first-order valence-corrected chi connectivity index (χ1v) is 5.80. The van der Waals surface area contributed by atoms with Crippen LogP contribution in [0.5, 0.6) is 0 Å². The number of aryl methyl sites for hydroxylation is 1. The maximum atomic E-state index is 13.4. The molecule has 1 aliphatic heterocycles. The van der Waals surface area contributed by atoms with E-state index in [0.29, 0.717) is 18.5 Å². The molecule has 1 heterocycles. The van der Waals surface area contributed by atoms with Gasteiger partial charge >= 0.3 is 5.97 Å². The number of hydrogen-bond donors (Lipinski definition) is 1. The highest BCUT2D eigenvalue weighted by Crippen LogP contribution is 2.21. The summed E-state index contributed by atoms with van der Waals surface area (Å²) in [7, 11) is 0. The summed E-state index contributed by atoms with van der Waals surface area (Å²) in [4.78, 5) is 12.9. The van der Waals surface area contributed by atoms with Crippen molar-refractivity contribution >= 4 is 5.97 Å². The molecule has 92 valence electrons. The molecule has 0 spiro atoms. The van der Waals surface area contributed by atoms with Gasteiger partial charge in [-0.2, -0.15) is 0 Å². The van der Waals surface area contributed by atoms with E-state index in [4.69, 9.17) is 5.11 Å². The van der Waals surface area contributed by atoms with Gasteiger partial charge in [-0.25, -0.2) is 4.39 Å². The Kier molecular flexibility index (Phi) is 3.43. The van der Waals surface area contributed by atoms with Crippen molar-refractivity contribution in [2.45, 2.75) is 32.4 Å². The molecule has 1 aliphatic rings. The third kappa shape index (κ3) is 2.64. The van der Waals surface area contributed by atoms with E-state index in [0.717, 1.165) is 18.5 Å². The zero-order chi connectivity index (χ0) is 12.4. The molecule has 1 unspecified atom stereocenters. The normalized spacial score (nSPS) is 20.7. The average molecular weight is 237 g/mol. The smallest absolute Gasteiger partial charge is 0.320 e. The quantitative estimate of drug-likeness (QED) is 0.876. The van der Waals surface area contributed by atoms with Gasteiger partial charge in [0, 0.05) is 6.54 Å². The Morgan fingerprint density at radius 2 is 2.35 bits per heavy atom. The summed E-state index contributed by atoms with van der Waals surface area (Å²) < 4.78 is 13.4. The highest BCUT2D eigenvalue weighted by molar-refractivity contribution is 5.73. The predicted molar refractivity (Wildman–Crippen MR) is 62.2 cm³/mol. The first-order chi connectivity index (χ1) is 8.08. The van der Waals surface area contributed by atoms with Crippen LogP contribution in [0.2, 0.25) is 0 Å². The van der Waals surface area contributed by atoms with Gasteiger partial charge in [0.2, 0.25) is 0 Å². The van der Waals surface area contributed by atoms with Crippen LogP contribution in [-0.4, -0.2) is 28.6 Å². The van der Waals surface area contributed by atoms with E-state index in [1.807, 2.05) is 11.0 Å². The standard InChI is InChI=1S/C13H16FNO2/c1-9-4-5-10(7-11(9)14)8-15-6-2-3-12(15)13(16)17/h4-5,7,12H,2-3,6,8H2,1H3,(H,16,17). The second kappa shape index (κ2) is 4.84. The Balaban J connectivity index is 2.09. The Bertz CT molecular complexity index is 433. The summed E-state index contributed by atoms with van der Waals surface area (Å²) in [5.41, 5.74) is 1.45. The fourth-order valence-electron chi connectivity index (χ4n) is 2.26. The number of hydrogen-bond acceptors (Lipinski definition) is 2. The van der Waals surface area contributed by atoms with Crippen molar-refractivity contribution in [2.75, 3.05) is 6.54 Å². The van der Waals surface area contributed by atoms with Crippen molar-refractivity contribution in [2.24, 2.45) is 0 Å². The lowest BCUT2D eigenvalue weighted by Gasteiger charge is -2.21. The van der Waals surface area contributed by atoms with Gasteiger partial charge in [-0.3, -0.25) is 9.69 Å². The van der Waals surface area contributed by atoms with E-state index in [1.54, 1.807) is 13.0 Å². The number of likely N-dealkylation sites (tertiary alicyclic amines) is 1. The van der Waals surface area contributed by atoms with Gasteiger partial charge in [0.25, 0.3) is 0 Å². The molecule has 4 heteroatoms. The van der Waals surface area contributed by atoms with Crippen LogP contribution in [0.15, 0.2) is 18.2 Å². The van der Waals surface area contributed by atoms with Crippen molar-refractivity contribution in [1.82, 2.24) is 4.90 Å². The zero-order valence-corrected chi connectivity index (χ0v) is 9.82. The van der Waals surface area contributed by atoms with Crippen LogP contribution >= 0.6 is 0 Å². The third-order valence-electron chi connectivity index (χ3n) is 3.27. The van der Waals surface area contributed by atoms with Gasteiger partial charge in [0.05, 0.1) is 0 Å². The molecule has 1 atom stereocenters. The Labute approximate surface area is 99.9 Å². The molecule has 0 aliphatic carbocycles. The third-order valence-corrected chi connectivity index (χ3v) is 3.27. The van der Waals surface area contributed by atoms with Crippen molar-refractivity contribution in [3.63, 3.8) is 0 Å². The fraction of sp³-hybridized carbons (Fsp3) is 0.462. The second-order valence-electron chi connectivity index (χ2n) is 4.55. The van der Waals surface area contributed by atoms with E-state index in [2.05, 4.69) is 0 Å². The Morgan fingerprint density at radius 1 is 1.59 bits per heavy atom. The maximum Gasteiger partial charge on any atom is 0.320 e. The summed E-state index contributed by atoms with van der Waals surface area (Å²) in [6, 6.07) is 4.66. The lowest BCUT2D eigenvalue weighted by atomic mass is 10.1. The van der Waals surface area contributed by atoms with Crippen LogP contribution in [0.3, 0.4) is 0 Å². The van der Waals surface area contributed by atoms with Crippen LogP contribution in [0.1, 0.15) is 24.0 Å². The average Bonchev–Trinajstić information content (AvgIpc) is 2.72. The topological polar surface area (TPSA) is 40.5 Å². The molecule has 0 aromatic heterocycles. The molecule has 1 aromatic rings. The minimum atomic E-state index is -0.782. The van der Waals surface area contributed by atoms with Gasteiger partial charge in [0.1, 0.15) is 11.9 Å². The molecule has 0 bridgehead atoms. The molecule has 1 saturated heterocycles. The molecule has 17 heavy (non-hydrogen) atoms. The molecule has 1 aromatic carbocycles. The number of aliphatic carboxylic acids is 1. The van der Waals surface area contributed by atoms with E-state index in [1.165, 1.54) is 6.07 Å². The van der Waals surface area contributed by atoms with Crippen LogP contribution in [-0.2, 0) is 11.3 Å². The number of rotatable bonds is 3. The zero-order valence-electron chi connectivity index (χ0n) is 9.82. The second-order valence-corrected chi connectivity index (χ2v) is 4.55. The summed E-state index contributed by atoms with van der Waals surface area (Å²) >= 11 is 0. The molecule has 3 nitrogen and oxygen atoms in total. The van der Waals surface area contributed by atoms with E-state index in [-0.39, 0.29) is 5.82 Å². The van der Waals surface area contributed by atoms with Gasteiger partial charge in [-0.15, -0.1) is 0 Å². The first-order valence-electron chi connectivity index (χ1n) is 5.80. The van der Waals surface area contributed by atoms with Crippen LogP contribution in [0, 0.1) is 12.7 Å². The largest absolute Gasteiger partial charge is 0.480 e. The Morgan fingerprint density at radius 3 is 3.00 bits per heavy atom. The lowest BCUT2D eigenvalue weighted by molar-refractivity contribution is -0.142. The van der Waals surface area contributed by atoms with Crippen LogP contribution in [0.4, 0.5) is 4.39 Å². The van der Waals surface area contributed by atoms with E-state index in [9.17, 15) is 9.18 Å².